The molecule has 0 amide bonds. The third-order valence-electron chi connectivity index (χ3n) is 4.27. The number of para-hydroxylation sites is 1. The number of methoxy groups -OCH3 is 1. The van der Waals surface area contributed by atoms with Crippen LogP contribution in [0.5, 0.6) is 5.75 Å². The molecule has 1 aromatic carbocycles. The van der Waals surface area contributed by atoms with Gasteiger partial charge in [-0.3, -0.25) is 4.99 Å². The van der Waals surface area contributed by atoms with Crippen LogP contribution < -0.4 is 10.1 Å². The molecule has 1 fully saturated rings. The van der Waals surface area contributed by atoms with Crippen molar-refractivity contribution in [2.45, 2.75) is 26.4 Å². The molecule has 1 saturated carbocycles. The highest BCUT2D eigenvalue weighted by atomic mass is 16.5. The number of hydrogen-bond donors (Lipinski definition) is 1. The third kappa shape index (κ3) is 7.62. The highest BCUT2D eigenvalue weighted by molar-refractivity contribution is 5.79. The Hall–Kier alpha value is -1.79. The fraction of sp³-hybridized carbons (Fsp3) is 0.650. The number of aliphatic imine (C=N–C) groups is 1. The van der Waals surface area contributed by atoms with E-state index in [1.807, 2.05) is 31.3 Å². The number of rotatable bonds is 12. The summed E-state index contributed by atoms with van der Waals surface area (Å²) in [5.74, 6) is 2.56. The van der Waals surface area contributed by atoms with E-state index in [2.05, 4.69) is 22.1 Å². The van der Waals surface area contributed by atoms with Gasteiger partial charge < -0.3 is 24.4 Å². The Morgan fingerprint density at radius 3 is 2.77 bits per heavy atom. The summed E-state index contributed by atoms with van der Waals surface area (Å²) < 4.78 is 16.8. The van der Waals surface area contributed by atoms with E-state index in [1.165, 1.54) is 12.8 Å². The molecular formula is C20H33N3O3. The Morgan fingerprint density at radius 1 is 1.23 bits per heavy atom. The molecule has 0 radical (unpaired) electrons. The van der Waals surface area contributed by atoms with Crippen molar-refractivity contribution in [1.82, 2.24) is 10.2 Å². The largest absolute Gasteiger partial charge is 0.496 e. The summed E-state index contributed by atoms with van der Waals surface area (Å²) >= 11 is 0. The van der Waals surface area contributed by atoms with Gasteiger partial charge >= 0.3 is 0 Å². The highest BCUT2D eigenvalue weighted by Crippen LogP contribution is 2.28. The molecule has 0 atom stereocenters. The highest BCUT2D eigenvalue weighted by Gasteiger charge is 2.21. The van der Waals surface area contributed by atoms with Crippen LogP contribution in [0.25, 0.3) is 0 Å². The lowest BCUT2D eigenvalue weighted by Crippen LogP contribution is -2.40. The molecule has 1 N–H and O–H groups in total. The van der Waals surface area contributed by atoms with Gasteiger partial charge in [-0.25, -0.2) is 0 Å². The first-order valence-electron chi connectivity index (χ1n) is 9.51. The lowest BCUT2D eigenvalue weighted by atomic mass is 10.2. The van der Waals surface area contributed by atoms with Gasteiger partial charge in [-0.2, -0.15) is 0 Å². The third-order valence-corrected chi connectivity index (χ3v) is 4.27. The Morgan fingerprint density at radius 2 is 2.04 bits per heavy atom. The molecule has 0 saturated heterocycles. The van der Waals surface area contributed by atoms with E-state index in [0.717, 1.165) is 49.5 Å². The Kier molecular flexibility index (Phi) is 9.28. The van der Waals surface area contributed by atoms with Crippen molar-refractivity contribution in [3.63, 3.8) is 0 Å². The number of ether oxygens (including phenoxy) is 3. The maximum atomic E-state index is 5.74. The first-order valence-corrected chi connectivity index (χ1v) is 9.51. The second kappa shape index (κ2) is 11.8. The van der Waals surface area contributed by atoms with Crippen LogP contribution >= 0.6 is 0 Å². The number of nitrogens with one attached hydrogen (secondary N) is 1. The summed E-state index contributed by atoms with van der Waals surface area (Å²) in [4.78, 5) is 6.74. The number of nitrogens with zero attached hydrogens (tertiary/aromatic N) is 2. The molecule has 1 aliphatic rings. The van der Waals surface area contributed by atoms with Crippen LogP contribution in [0.2, 0.25) is 0 Å². The molecular weight excluding hydrogens is 330 g/mol. The average Bonchev–Trinajstić information content (AvgIpc) is 3.48. The summed E-state index contributed by atoms with van der Waals surface area (Å²) in [6.07, 6.45) is 2.66. The van der Waals surface area contributed by atoms with E-state index in [1.54, 1.807) is 7.11 Å². The molecule has 0 aliphatic heterocycles. The van der Waals surface area contributed by atoms with Gasteiger partial charge in [0.15, 0.2) is 5.96 Å². The molecule has 146 valence electrons. The number of hydrogen-bond acceptors (Lipinski definition) is 4. The van der Waals surface area contributed by atoms with Gasteiger partial charge in [0.1, 0.15) is 5.75 Å². The van der Waals surface area contributed by atoms with Crippen LogP contribution in [0, 0.1) is 5.92 Å². The molecule has 6 nitrogen and oxygen atoms in total. The van der Waals surface area contributed by atoms with Crippen LogP contribution in [-0.2, 0) is 16.1 Å². The summed E-state index contributed by atoms with van der Waals surface area (Å²) in [6, 6.07) is 7.91. The number of likely N-dealkylation sites (N-methyl/N-ethyl adjacent to an activating group) is 1. The molecule has 26 heavy (non-hydrogen) atoms. The topological polar surface area (TPSA) is 55.3 Å². The Bertz CT molecular complexity index is 547. The SMILES string of the molecule is CCNC(=NCCOCc1ccccc1OC)N(C)CCOCC1CC1. The minimum Gasteiger partial charge on any atom is -0.496 e. The molecule has 0 aromatic heterocycles. The lowest BCUT2D eigenvalue weighted by molar-refractivity contribution is 0.114. The monoisotopic (exact) mass is 363 g/mol. The second-order valence-electron chi connectivity index (χ2n) is 6.54. The molecule has 0 heterocycles. The fourth-order valence-electron chi connectivity index (χ4n) is 2.53. The van der Waals surface area contributed by atoms with Crippen LogP contribution in [0.1, 0.15) is 25.3 Å². The Labute approximate surface area is 157 Å². The van der Waals surface area contributed by atoms with Crippen LogP contribution in [0.15, 0.2) is 29.3 Å². The molecule has 1 aliphatic carbocycles. The van der Waals surface area contributed by atoms with E-state index in [-0.39, 0.29) is 0 Å². The van der Waals surface area contributed by atoms with E-state index in [0.29, 0.717) is 19.8 Å². The van der Waals surface area contributed by atoms with Crippen molar-refractivity contribution < 1.29 is 14.2 Å². The Balaban J connectivity index is 1.67. The summed E-state index contributed by atoms with van der Waals surface area (Å²) in [5.41, 5.74) is 1.05. The van der Waals surface area contributed by atoms with Gasteiger partial charge in [0, 0.05) is 32.3 Å². The first-order chi connectivity index (χ1) is 12.7. The molecule has 0 unspecified atom stereocenters. The number of guanidine groups is 1. The van der Waals surface area contributed by atoms with Gasteiger partial charge in [-0.05, 0) is 31.7 Å². The normalized spacial score (nSPS) is 14.3. The zero-order valence-corrected chi connectivity index (χ0v) is 16.4. The fourth-order valence-corrected chi connectivity index (χ4v) is 2.53. The van der Waals surface area contributed by atoms with Crippen molar-refractivity contribution in [2.24, 2.45) is 10.9 Å². The second-order valence-corrected chi connectivity index (χ2v) is 6.54. The molecule has 2 rings (SSSR count). The average molecular weight is 364 g/mol. The summed E-state index contributed by atoms with van der Waals surface area (Å²) in [5, 5.41) is 3.32. The smallest absolute Gasteiger partial charge is 0.193 e. The lowest BCUT2D eigenvalue weighted by Gasteiger charge is -2.22. The zero-order chi connectivity index (χ0) is 18.6. The van der Waals surface area contributed by atoms with Crippen molar-refractivity contribution in [3.05, 3.63) is 29.8 Å². The van der Waals surface area contributed by atoms with Crippen LogP contribution in [-0.4, -0.2) is 64.5 Å². The maximum absolute atomic E-state index is 5.74. The molecule has 0 spiro atoms. The van der Waals surface area contributed by atoms with E-state index < -0.39 is 0 Å². The van der Waals surface area contributed by atoms with Crippen molar-refractivity contribution in [3.8, 4) is 5.75 Å². The predicted molar refractivity (Wildman–Crippen MR) is 105 cm³/mol. The predicted octanol–water partition coefficient (Wildman–Crippen LogP) is 2.54. The van der Waals surface area contributed by atoms with Crippen molar-refractivity contribution >= 4 is 5.96 Å². The van der Waals surface area contributed by atoms with Crippen LogP contribution in [0.4, 0.5) is 0 Å². The van der Waals surface area contributed by atoms with E-state index in [4.69, 9.17) is 14.2 Å². The van der Waals surface area contributed by atoms with Gasteiger partial charge in [0.25, 0.3) is 0 Å². The standard InChI is InChI=1S/C20H33N3O3/c1-4-21-20(23(2)12-14-26-15-17-9-10-17)22-11-13-25-16-18-7-5-6-8-19(18)24-3/h5-8,17H,4,9-16H2,1-3H3,(H,21,22). The minimum atomic E-state index is 0.529. The maximum Gasteiger partial charge on any atom is 0.193 e. The van der Waals surface area contributed by atoms with Crippen molar-refractivity contribution in [1.29, 1.82) is 0 Å². The zero-order valence-electron chi connectivity index (χ0n) is 16.4. The molecule has 1 aromatic rings. The molecule has 6 heteroatoms. The van der Waals surface area contributed by atoms with Gasteiger partial charge in [0.05, 0.1) is 33.5 Å². The summed E-state index contributed by atoms with van der Waals surface area (Å²) in [7, 11) is 3.72. The van der Waals surface area contributed by atoms with Gasteiger partial charge in [-0.15, -0.1) is 0 Å². The first kappa shape index (κ1) is 20.5. The molecule has 0 bridgehead atoms. The minimum absolute atomic E-state index is 0.529. The quantitative estimate of drug-likeness (QED) is 0.351. The van der Waals surface area contributed by atoms with Gasteiger partial charge in [-0.1, -0.05) is 18.2 Å². The van der Waals surface area contributed by atoms with Crippen LogP contribution in [0.3, 0.4) is 0 Å². The summed E-state index contributed by atoms with van der Waals surface area (Å²) in [6.45, 7) is 7.10. The van der Waals surface area contributed by atoms with E-state index in [9.17, 15) is 0 Å². The van der Waals surface area contributed by atoms with E-state index >= 15 is 0 Å². The van der Waals surface area contributed by atoms with Gasteiger partial charge in [0.2, 0.25) is 0 Å². The van der Waals surface area contributed by atoms with Crippen molar-refractivity contribution in [2.75, 3.05) is 53.6 Å². The number of benzene rings is 1.